The molecule has 3 N–H and O–H groups in total. The van der Waals surface area contributed by atoms with E-state index in [9.17, 15) is 9.90 Å². The Balaban J connectivity index is 2.35. The number of carbonyl (C=O) groups is 1. The maximum Gasteiger partial charge on any atom is 0.168 e. The van der Waals surface area contributed by atoms with Crippen LogP contribution >= 0.6 is 0 Å². The van der Waals surface area contributed by atoms with Crippen molar-refractivity contribution < 1.29 is 9.90 Å². The molecule has 0 fully saturated rings. The summed E-state index contributed by atoms with van der Waals surface area (Å²) in [4.78, 5) is 16.9. The van der Waals surface area contributed by atoms with Gasteiger partial charge < -0.3 is 10.8 Å². The molecular formula is C18H24N2O2. The van der Waals surface area contributed by atoms with Crippen LogP contribution in [0.25, 0.3) is 0 Å². The standard InChI is InChI=1S/C18H24N2O2/c1-18(2)11-15(21)17(16(22)12-18)14(20-9-8-19)10-13-6-4-3-5-7-13/h3-7,21H,8-12,19H2,1-2H3. The third kappa shape index (κ3) is 4.04. The number of hydrogen-bond donors (Lipinski definition) is 2. The van der Waals surface area contributed by atoms with E-state index < -0.39 is 0 Å². The van der Waals surface area contributed by atoms with Gasteiger partial charge in [0, 0.05) is 25.8 Å². The molecule has 0 atom stereocenters. The fourth-order valence-corrected chi connectivity index (χ4v) is 2.83. The van der Waals surface area contributed by atoms with Crippen molar-refractivity contribution in [2.45, 2.75) is 33.1 Å². The minimum Gasteiger partial charge on any atom is -0.511 e. The van der Waals surface area contributed by atoms with Crippen molar-refractivity contribution >= 4 is 11.5 Å². The molecule has 1 aromatic rings. The normalized spacial score (nSPS) is 18.7. The monoisotopic (exact) mass is 300 g/mol. The van der Waals surface area contributed by atoms with Crippen LogP contribution in [0.3, 0.4) is 0 Å². The number of Topliss-reactive ketones (excluding diaryl/α,β-unsaturated/α-hetero) is 1. The second-order valence-electron chi connectivity index (χ2n) is 6.54. The molecule has 1 aliphatic rings. The van der Waals surface area contributed by atoms with Crippen LogP contribution in [0.1, 0.15) is 32.3 Å². The minimum absolute atomic E-state index is 0.0274. The van der Waals surface area contributed by atoms with Crippen molar-refractivity contribution in [3.05, 3.63) is 47.2 Å². The Labute approximate surface area is 131 Å². The minimum atomic E-state index is -0.198. The number of nitrogens with two attached hydrogens (primary N) is 1. The van der Waals surface area contributed by atoms with E-state index in [0.29, 0.717) is 43.6 Å². The zero-order valence-corrected chi connectivity index (χ0v) is 13.3. The summed E-state index contributed by atoms with van der Waals surface area (Å²) in [5, 5.41) is 10.4. The number of carbonyl (C=O) groups excluding carboxylic acids is 1. The van der Waals surface area contributed by atoms with E-state index in [1.54, 1.807) is 0 Å². The van der Waals surface area contributed by atoms with Crippen molar-refractivity contribution in [3.8, 4) is 0 Å². The van der Waals surface area contributed by atoms with Gasteiger partial charge in [-0.15, -0.1) is 0 Å². The Hall–Kier alpha value is -1.94. The number of nitrogens with zero attached hydrogens (tertiary/aromatic N) is 1. The first-order valence-electron chi connectivity index (χ1n) is 7.66. The highest BCUT2D eigenvalue weighted by Crippen LogP contribution is 2.36. The lowest BCUT2D eigenvalue weighted by molar-refractivity contribution is -0.117. The number of hydrogen-bond acceptors (Lipinski definition) is 4. The lowest BCUT2D eigenvalue weighted by Gasteiger charge is -2.30. The lowest BCUT2D eigenvalue weighted by Crippen LogP contribution is -2.30. The highest BCUT2D eigenvalue weighted by atomic mass is 16.3. The molecule has 0 heterocycles. The topological polar surface area (TPSA) is 75.7 Å². The molecule has 0 aliphatic heterocycles. The molecule has 0 radical (unpaired) electrons. The van der Waals surface area contributed by atoms with Crippen LogP contribution in [0.5, 0.6) is 0 Å². The summed E-state index contributed by atoms with van der Waals surface area (Å²) in [5.41, 5.74) is 7.46. The molecule has 1 aromatic carbocycles. The first-order chi connectivity index (χ1) is 10.4. The third-order valence-corrected chi connectivity index (χ3v) is 3.79. The fourth-order valence-electron chi connectivity index (χ4n) is 2.83. The van der Waals surface area contributed by atoms with Crippen LogP contribution in [-0.2, 0) is 11.2 Å². The molecular weight excluding hydrogens is 276 g/mol. The van der Waals surface area contributed by atoms with Crippen molar-refractivity contribution in [2.75, 3.05) is 13.1 Å². The number of ketones is 1. The van der Waals surface area contributed by atoms with Crippen LogP contribution in [-0.4, -0.2) is 29.7 Å². The summed E-state index contributed by atoms with van der Waals surface area (Å²) >= 11 is 0. The molecule has 1 aliphatic carbocycles. The van der Waals surface area contributed by atoms with Gasteiger partial charge in [0.05, 0.1) is 17.8 Å². The SMILES string of the molecule is CC1(C)CC(=O)C(C(Cc2ccccc2)=NCCN)=C(O)C1. The van der Waals surface area contributed by atoms with Gasteiger partial charge in [0.15, 0.2) is 5.78 Å². The second-order valence-corrected chi connectivity index (χ2v) is 6.54. The fraction of sp³-hybridized carbons (Fsp3) is 0.444. The van der Waals surface area contributed by atoms with Gasteiger partial charge in [-0.1, -0.05) is 44.2 Å². The van der Waals surface area contributed by atoms with E-state index in [1.165, 1.54) is 0 Å². The van der Waals surface area contributed by atoms with E-state index in [-0.39, 0.29) is 17.0 Å². The Morgan fingerprint density at radius 2 is 1.95 bits per heavy atom. The quantitative estimate of drug-likeness (QED) is 0.821. The molecule has 0 saturated heterocycles. The second kappa shape index (κ2) is 6.88. The molecule has 0 unspecified atom stereocenters. The zero-order valence-electron chi connectivity index (χ0n) is 13.3. The number of aliphatic hydroxyl groups excluding tert-OH is 1. The molecule has 0 amide bonds. The Bertz CT molecular complexity index is 601. The molecule has 0 bridgehead atoms. The number of rotatable bonds is 5. The average molecular weight is 300 g/mol. The largest absolute Gasteiger partial charge is 0.511 e. The number of benzene rings is 1. The van der Waals surface area contributed by atoms with Crippen LogP contribution in [0.2, 0.25) is 0 Å². The van der Waals surface area contributed by atoms with Crippen molar-refractivity contribution in [1.29, 1.82) is 0 Å². The summed E-state index contributed by atoms with van der Waals surface area (Å²) in [6.45, 7) is 4.86. The smallest absolute Gasteiger partial charge is 0.168 e. The summed E-state index contributed by atoms with van der Waals surface area (Å²) in [5.74, 6) is 0.133. The van der Waals surface area contributed by atoms with Gasteiger partial charge in [0.25, 0.3) is 0 Å². The van der Waals surface area contributed by atoms with Gasteiger partial charge in [0.1, 0.15) is 5.76 Å². The van der Waals surface area contributed by atoms with Gasteiger partial charge in [-0.05, 0) is 11.0 Å². The molecule has 4 heteroatoms. The molecule has 118 valence electrons. The van der Waals surface area contributed by atoms with E-state index in [4.69, 9.17) is 5.73 Å². The summed E-state index contributed by atoms with van der Waals surface area (Å²) < 4.78 is 0. The summed E-state index contributed by atoms with van der Waals surface area (Å²) in [6, 6.07) is 9.84. The first kappa shape index (κ1) is 16.4. The highest BCUT2D eigenvalue weighted by molar-refractivity contribution is 6.23. The number of aliphatic hydroxyl groups is 1. The molecule has 22 heavy (non-hydrogen) atoms. The van der Waals surface area contributed by atoms with Crippen molar-refractivity contribution in [3.63, 3.8) is 0 Å². The predicted octanol–water partition coefficient (Wildman–Crippen LogP) is 2.83. The maximum atomic E-state index is 12.5. The number of allylic oxidation sites excluding steroid dienone is 2. The van der Waals surface area contributed by atoms with E-state index in [2.05, 4.69) is 4.99 Å². The van der Waals surface area contributed by atoms with Crippen LogP contribution in [0, 0.1) is 5.41 Å². The van der Waals surface area contributed by atoms with Crippen LogP contribution < -0.4 is 5.73 Å². The summed E-state index contributed by atoms with van der Waals surface area (Å²) in [7, 11) is 0. The first-order valence-corrected chi connectivity index (χ1v) is 7.66. The lowest BCUT2D eigenvalue weighted by atomic mass is 9.75. The van der Waals surface area contributed by atoms with E-state index in [0.717, 1.165) is 5.56 Å². The maximum absolute atomic E-state index is 12.5. The van der Waals surface area contributed by atoms with Gasteiger partial charge in [-0.3, -0.25) is 9.79 Å². The molecule has 0 aromatic heterocycles. The van der Waals surface area contributed by atoms with E-state index >= 15 is 0 Å². The molecule has 4 nitrogen and oxygen atoms in total. The Morgan fingerprint density at radius 1 is 1.27 bits per heavy atom. The summed E-state index contributed by atoms with van der Waals surface area (Å²) in [6.07, 6.45) is 1.47. The number of aliphatic imine (C=N–C) groups is 1. The van der Waals surface area contributed by atoms with Crippen molar-refractivity contribution in [2.24, 2.45) is 16.1 Å². The van der Waals surface area contributed by atoms with Gasteiger partial charge in [0.2, 0.25) is 0 Å². The molecule has 2 rings (SSSR count). The molecule has 0 spiro atoms. The van der Waals surface area contributed by atoms with E-state index in [1.807, 2.05) is 44.2 Å². The molecule has 0 saturated carbocycles. The van der Waals surface area contributed by atoms with Crippen molar-refractivity contribution in [1.82, 2.24) is 0 Å². The Morgan fingerprint density at radius 3 is 2.55 bits per heavy atom. The third-order valence-electron chi connectivity index (χ3n) is 3.79. The van der Waals surface area contributed by atoms with Crippen LogP contribution in [0.4, 0.5) is 0 Å². The Kier molecular flexibility index (Phi) is 5.14. The van der Waals surface area contributed by atoms with Crippen LogP contribution in [0.15, 0.2) is 46.7 Å². The predicted molar refractivity (Wildman–Crippen MR) is 89.2 cm³/mol. The van der Waals surface area contributed by atoms with Gasteiger partial charge in [-0.2, -0.15) is 0 Å². The van der Waals surface area contributed by atoms with Gasteiger partial charge in [-0.25, -0.2) is 0 Å². The zero-order chi connectivity index (χ0) is 16.2. The van der Waals surface area contributed by atoms with Gasteiger partial charge >= 0.3 is 0 Å². The average Bonchev–Trinajstić information content (AvgIpc) is 2.43. The highest BCUT2D eigenvalue weighted by Gasteiger charge is 2.34.